The molecule has 0 spiro atoms. The maximum absolute atomic E-state index is 11.3. The lowest BCUT2D eigenvalue weighted by atomic mass is 10.1. The van der Waals surface area contributed by atoms with Crippen molar-refractivity contribution in [3.63, 3.8) is 0 Å². The van der Waals surface area contributed by atoms with Crippen LogP contribution in [0.3, 0.4) is 0 Å². The predicted molar refractivity (Wildman–Crippen MR) is 99.1 cm³/mol. The third-order valence-corrected chi connectivity index (χ3v) is 3.73. The molecule has 2 aromatic rings. The highest BCUT2D eigenvalue weighted by atomic mass is 32.1. The van der Waals surface area contributed by atoms with E-state index in [4.69, 9.17) is 21.7 Å². The summed E-state index contributed by atoms with van der Waals surface area (Å²) in [5.41, 5.74) is 2.45. The molecule has 0 fully saturated rings. The van der Waals surface area contributed by atoms with Crippen LogP contribution in [0.2, 0.25) is 0 Å². The van der Waals surface area contributed by atoms with E-state index in [1.54, 1.807) is 26.4 Å². The molecule has 0 bridgehead atoms. The standard InChI is InChI=1S/C18H20N2O3S/c1-12(21)13-4-7-15(8-5-13)20-18(24)19-11-14-6-9-16(22-2)10-17(14)23-3/h4-10H,11H2,1-3H3,(H2,19,20,24). The Bertz CT molecular complexity index is 730. The first-order valence-electron chi connectivity index (χ1n) is 7.40. The monoisotopic (exact) mass is 344 g/mol. The maximum atomic E-state index is 11.3. The summed E-state index contributed by atoms with van der Waals surface area (Å²) >= 11 is 5.29. The van der Waals surface area contributed by atoms with Crippen LogP contribution < -0.4 is 20.1 Å². The smallest absolute Gasteiger partial charge is 0.171 e. The molecule has 24 heavy (non-hydrogen) atoms. The number of methoxy groups -OCH3 is 2. The van der Waals surface area contributed by atoms with E-state index in [9.17, 15) is 4.79 Å². The third kappa shape index (κ3) is 4.70. The molecule has 0 saturated carbocycles. The second-order valence-electron chi connectivity index (χ2n) is 5.12. The largest absolute Gasteiger partial charge is 0.497 e. The summed E-state index contributed by atoms with van der Waals surface area (Å²) < 4.78 is 10.5. The lowest BCUT2D eigenvalue weighted by molar-refractivity contribution is 0.101. The average molecular weight is 344 g/mol. The van der Waals surface area contributed by atoms with Crippen LogP contribution in [-0.2, 0) is 6.54 Å². The molecule has 6 heteroatoms. The van der Waals surface area contributed by atoms with Crippen molar-refractivity contribution in [1.29, 1.82) is 0 Å². The first-order valence-corrected chi connectivity index (χ1v) is 7.81. The lowest BCUT2D eigenvalue weighted by Gasteiger charge is -2.13. The molecule has 0 saturated heterocycles. The second kappa shape index (κ2) is 8.31. The van der Waals surface area contributed by atoms with Crippen LogP contribution in [0.4, 0.5) is 5.69 Å². The highest BCUT2D eigenvalue weighted by molar-refractivity contribution is 7.80. The molecule has 2 rings (SSSR count). The Kier molecular flexibility index (Phi) is 6.14. The number of carbonyl (C=O) groups excluding carboxylic acids is 1. The van der Waals surface area contributed by atoms with Gasteiger partial charge >= 0.3 is 0 Å². The number of Topliss-reactive ketones (excluding diaryl/α,β-unsaturated/α-hetero) is 1. The van der Waals surface area contributed by atoms with E-state index >= 15 is 0 Å². The highest BCUT2D eigenvalue weighted by Gasteiger charge is 2.06. The minimum absolute atomic E-state index is 0.0360. The number of rotatable bonds is 6. The van der Waals surface area contributed by atoms with Crippen molar-refractivity contribution in [1.82, 2.24) is 5.32 Å². The van der Waals surface area contributed by atoms with Gasteiger partial charge < -0.3 is 20.1 Å². The number of ketones is 1. The van der Waals surface area contributed by atoms with Gasteiger partial charge in [-0.25, -0.2) is 0 Å². The van der Waals surface area contributed by atoms with Crippen LogP contribution >= 0.6 is 12.2 Å². The molecule has 0 aromatic heterocycles. The zero-order valence-corrected chi connectivity index (χ0v) is 14.7. The first-order chi connectivity index (χ1) is 11.5. The number of carbonyl (C=O) groups is 1. The molecular weight excluding hydrogens is 324 g/mol. The molecule has 126 valence electrons. The molecule has 0 aliphatic rings. The first kappa shape index (κ1) is 17.7. The van der Waals surface area contributed by atoms with E-state index < -0.39 is 0 Å². The van der Waals surface area contributed by atoms with E-state index in [0.717, 1.165) is 22.7 Å². The second-order valence-corrected chi connectivity index (χ2v) is 5.53. The number of hydrogen-bond acceptors (Lipinski definition) is 4. The topological polar surface area (TPSA) is 59.6 Å². The van der Waals surface area contributed by atoms with Crippen molar-refractivity contribution in [2.45, 2.75) is 13.5 Å². The van der Waals surface area contributed by atoms with Gasteiger partial charge in [0.25, 0.3) is 0 Å². The zero-order chi connectivity index (χ0) is 17.5. The molecule has 0 amide bonds. The van der Waals surface area contributed by atoms with E-state index in [0.29, 0.717) is 17.2 Å². The van der Waals surface area contributed by atoms with Crippen molar-refractivity contribution >= 4 is 28.8 Å². The SMILES string of the molecule is COc1ccc(CNC(=S)Nc2ccc(C(C)=O)cc2)c(OC)c1. The third-order valence-electron chi connectivity index (χ3n) is 3.48. The number of ether oxygens (including phenoxy) is 2. The van der Waals surface area contributed by atoms with Gasteiger partial charge in [0.15, 0.2) is 10.9 Å². The fraction of sp³-hybridized carbons (Fsp3) is 0.222. The summed E-state index contributed by atoms with van der Waals surface area (Å²) in [6.07, 6.45) is 0. The van der Waals surface area contributed by atoms with Gasteiger partial charge in [-0.05, 0) is 55.5 Å². The number of hydrogen-bond donors (Lipinski definition) is 2. The number of thiocarbonyl (C=S) groups is 1. The van der Waals surface area contributed by atoms with E-state index in [1.807, 2.05) is 30.3 Å². The normalized spacial score (nSPS) is 9.96. The number of nitrogens with one attached hydrogen (secondary N) is 2. The molecule has 0 atom stereocenters. The Morgan fingerprint density at radius 1 is 1.08 bits per heavy atom. The van der Waals surface area contributed by atoms with Gasteiger partial charge in [-0.15, -0.1) is 0 Å². The van der Waals surface area contributed by atoms with E-state index in [1.165, 1.54) is 6.92 Å². The molecule has 0 heterocycles. The maximum Gasteiger partial charge on any atom is 0.171 e. The fourth-order valence-electron chi connectivity index (χ4n) is 2.14. The summed E-state index contributed by atoms with van der Waals surface area (Å²) in [7, 11) is 3.23. The molecular formula is C18H20N2O3S. The van der Waals surface area contributed by atoms with Crippen LogP contribution in [0.1, 0.15) is 22.8 Å². The van der Waals surface area contributed by atoms with Gasteiger partial charge in [0.2, 0.25) is 0 Å². The summed E-state index contributed by atoms with van der Waals surface area (Å²) in [6, 6.07) is 12.8. The fourth-order valence-corrected chi connectivity index (χ4v) is 2.33. The quantitative estimate of drug-likeness (QED) is 0.619. The molecule has 0 unspecified atom stereocenters. The van der Waals surface area contributed by atoms with Crippen molar-refractivity contribution in [3.05, 3.63) is 53.6 Å². The molecule has 0 aliphatic carbocycles. The highest BCUT2D eigenvalue weighted by Crippen LogP contribution is 2.24. The minimum atomic E-state index is 0.0360. The molecule has 0 aliphatic heterocycles. The van der Waals surface area contributed by atoms with Crippen LogP contribution in [0.25, 0.3) is 0 Å². The Labute approximate surface area is 147 Å². The van der Waals surface area contributed by atoms with Crippen LogP contribution in [0, 0.1) is 0 Å². The predicted octanol–water partition coefficient (Wildman–Crippen LogP) is 3.39. The van der Waals surface area contributed by atoms with Gasteiger partial charge in [0.1, 0.15) is 11.5 Å². The Morgan fingerprint density at radius 2 is 1.79 bits per heavy atom. The van der Waals surface area contributed by atoms with E-state index in [2.05, 4.69) is 10.6 Å². The van der Waals surface area contributed by atoms with Crippen molar-refractivity contribution < 1.29 is 14.3 Å². The lowest BCUT2D eigenvalue weighted by Crippen LogP contribution is -2.28. The van der Waals surface area contributed by atoms with Crippen LogP contribution in [0.15, 0.2) is 42.5 Å². The number of anilines is 1. The molecule has 0 radical (unpaired) electrons. The van der Waals surface area contributed by atoms with Gasteiger partial charge in [-0.2, -0.15) is 0 Å². The summed E-state index contributed by atoms with van der Waals surface area (Å²) in [6.45, 7) is 2.06. The van der Waals surface area contributed by atoms with Crippen LogP contribution in [-0.4, -0.2) is 25.1 Å². The minimum Gasteiger partial charge on any atom is -0.497 e. The Morgan fingerprint density at radius 3 is 2.38 bits per heavy atom. The Balaban J connectivity index is 1.94. The molecule has 2 N–H and O–H groups in total. The zero-order valence-electron chi connectivity index (χ0n) is 13.9. The number of benzene rings is 2. The van der Waals surface area contributed by atoms with Crippen molar-refractivity contribution in [2.24, 2.45) is 0 Å². The van der Waals surface area contributed by atoms with Gasteiger partial charge in [-0.1, -0.05) is 0 Å². The van der Waals surface area contributed by atoms with E-state index in [-0.39, 0.29) is 5.78 Å². The van der Waals surface area contributed by atoms with Crippen molar-refractivity contribution in [2.75, 3.05) is 19.5 Å². The van der Waals surface area contributed by atoms with Gasteiger partial charge in [0.05, 0.1) is 14.2 Å². The summed E-state index contributed by atoms with van der Waals surface area (Å²) in [5.74, 6) is 1.51. The van der Waals surface area contributed by atoms with Crippen LogP contribution in [0.5, 0.6) is 11.5 Å². The summed E-state index contributed by atoms with van der Waals surface area (Å²) in [4.78, 5) is 11.3. The molecule has 2 aromatic carbocycles. The average Bonchev–Trinajstić information content (AvgIpc) is 2.60. The van der Waals surface area contributed by atoms with Crippen molar-refractivity contribution in [3.8, 4) is 11.5 Å². The Hall–Kier alpha value is -2.60. The summed E-state index contributed by atoms with van der Waals surface area (Å²) in [5, 5.41) is 6.70. The molecule has 5 nitrogen and oxygen atoms in total. The van der Waals surface area contributed by atoms with Gasteiger partial charge in [0, 0.05) is 29.4 Å². The van der Waals surface area contributed by atoms with Gasteiger partial charge in [-0.3, -0.25) is 4.79 Å².